The monoisotopic (exact) mass is 379 g/mol. The number of benzene rings is 2. The van der Waals surface area contributed by atoms with Crippen LogP contribution in [0.4, 0.5) is 0 Å². The van der Waals surface area contributed by atoms with Gasteiger partial charge >= 0.3 is 0 Å². The zero-order valence-corrected chi connectivity index (χ0v) is 14.8. The molecule has 0 saturated heterocycles. The maximum Gasteiger partial charge on any atom is 0.269 e. The Morgan fingerprint density at radius 2 is 1.67 bits per heavy atom. The van der Waals surface area contributed by atoms with Crippen molar-refractivity contribution in [3.63, 3.8) is 0 Å². The molecule has 1 amide bonds. The summed E-state index contributed by atoms with van der Waals surface area (Å²) in [6, 6.07) is 10.8. The van der Waals surface area contributed by atoms with Crippen molar-refractivity contribution in [1.29, 1.82) is 0 Å². The lowest BCUT2D eigenvalue weighted by Gasteiger charge is -2.10. The predicted octanol–water partition coefficient (Wildman–Crippen LogP) is 5.11. The summed E-state index contributed by atoms with van der Waals surface area (Å²) in [6.07, 6.45) is 0. The number of aromatic amines is 1. The van der Waals surface area contributed by atoms with Gasteiger partial charge in [-0.15, -0.1) is 0 Å². The summed E-state index contributed by atoms with van der Waals surface area (Å²) in [5, 5.41) is 8.38. The van der Waals surface area contributed by atoms with E-state index in [0.717, 1.165) is 11.1 Å². The third-order valence-electron chi connectivity index (χ3n) is 3.72. The van der Waals surface area contributed by atoms with Crippen molar-refractivity contribution in [2.75, 3.05) is 0 Å². The summed E-state index contributed by atoms with van der Waals surface area (Å²) in [5.74, 6) is -0.599. The molecule has 0 aliphatic heterocycles. The molecule has 7 heteroatoms. The van der Waals surface area contributed by atoms with Gasteiger partial charge in [0.2, 0.25) is 0 Å². The van der Waals surface area contributed by atoms with Crippen LogP contribution in [-0.2, 0) is 0 Å². The molecule has 24 heavy (non-hydrogen) atoms. The van der Waals surface area contributed by atoms with E-state index in [4.69, 9.17) is 40.5 Å². The molecule has 0 unspecified atom stereocenters. The summed E-state index contributed by atoms with van der Waals surface area (Å²) >= 11 is 18.6. The van der Waals surface area contributed by atoms with Crippen molar-refractivity contribution in [2.45, 2.75) is 6.92 Å². The number of primary amides is 1. The molecule has 0 radical (unpaired) electrons. The van der Waals surface area contributed by atoms with Gasteiger partial charge in [0.25, 0.3) is 5.91 Å². The molecule has 3 N–H and O–H groups in total. The van der Waals surface area contributed by atoms with Crippen molar-refractivity contribution in [3.8, 4) is 22.4 Å². The van der Waals surface area contributed by atoms with E-state index in [1.165, 1.54) is 0 Å². The van der Waals surface area contributed by atoms with Crippen molar-refractivity contribution < 1.29 is 4.79 Å². The maximum atomic E-state index is 11.4. The van der Waals surface area contributed by atoms with E-state index in [1.54, 1.807) is 25.1 Å². The van der Waals surface area contributed by atoms with Gasteiger partial charge in [0.15, 0.2) is 5.69 Å². The minimum atomic E-state index is -0.599. The highest BCUT2D eigenvalue weighted by molar-refractivity contribution is 6.38. The smallest absolute Gasteiger partial charge is 0.269 e. The fourth-order valence-electron chi connectivity index (χ4n) is 2.49. The number of nitrogens with two attached hydrogens (primary N) is 1. The molecular weight excluding hydrogens is 369 g/mol. The van der Waals surface area contributed by atoms with Crippen LogP contribution in [0.25, 0.3) is 22.4 Å². The number of carbonyl (C=O) groups excluding carboxylic acids is 1. The Bertz CT molecular complexity index is 933. The second kappa shape index (κ2) is 6.48. The average Bonchev–Trinajstić information content (AvgIpc) is 2.90. The summed E-state index contributed by atoms with van der Waals surface area (Å²) in [7, 11) is 0. The van der Waals surface area contributed by atoms with Crippen LogP contribution in [0.2, 0.25) is 15.1 Å². The van der Waals surface area contributed by atoms with Gasteiger partial charge in [-0.1, -0.05) is 46.9 Å². The normalized spacial score (nSPS) is 10.8. The molecule has 3 rings (SSSR count). The van der Waals surface area contributed by atoms with Crippen molar-refractivity contribution in [1.82, 2.24) is 10.2 Å². The van der Waals surface area contributed by atoms with E-state index in [-0.39, 0.29) is 5.69 Å². The Labute approximate surface area is 153 Å². The minimum Gasteiger partial charge on any atom is -0.364 e. The van der Waals surface area contributed by atoms with Gasteiger partial charge in [0, 0.05) is 26.7 Å². The second-order valence-corrected chi connectivity index (χ2v) is 6.51. The number of amides is 1. The number of rotatable bonds is 3. The molecular formula is C17H12Cl3N3O. The lowest BCUT2D eigenvalue weighted by atomic mass is 9.99. The number of nitrogens with one attached hydrogen (secondary N) is 1. The molecule has 3 aromatic rings. The quantitative estimate of drug-likeness (QED) is 0.662. The summed E-state index contributed by atoms with van der Waals surface area (Å²) < 4.78 is 0. The van der Waals surface area contributed by atoms with Gasteiger partial charge < -0.3 is 5.73 Å². The van der Waals surface area contributed by atoms with Crippen LogP contribution >= 0.6 is 34.8 Å². The maximum absolute atomic E-state index is 11.4. The van der Waals surface area contributed by atoms with Crippen LogP contribution in [0.3, 0.4) is 0 Å². The molecule has 0 bridgehead atoms. The van der Waals surface area contributed by atoms with Gasteiger partial charge in [-0.3, -0.25) is 9.89 Å². The van der Waals surface area contributed by atoms with Crippen LogP contribution in [0.1, 0.15) is 16.1 Å². The van der Waals surface area contributed by atoms with Crippen LogP contribution < -0.4 is 5.73 Å². The first-order chi connectivity index (χ1) is 11.4. The van der Waals surface area contributed by atoms with Gasteiger partial charge in [-0.05, 0) is 36.8 Å². The molecule has 0 fully saturated rings. The number of carbonyl (C=O) groups is 1. The Morgan fingerprint density at radius 1 is 1.04 bits per heavy atom. The van der Waals surface area contributed by atoms with Crippen LogP contribution in [0.5, 0.6) is 0 Å². The summed E-state index contributed by atoms with van der Waals surface area (Å²) in [4.78, 5) is 11.4. The topological polar surface area (TPSA) is 71.8 Å². The highest BCUT2D eigenvalue weighted by Gasteiger charge is 2.18. The number of hydrogen-bond acceptors (Lipinski definition) is 2. The standard InChI is InChI=1S/C17H12Cl3N3O/c1-8-15(22-23-16(8)17(21)24)12-6-11(13(19)7-14(12)20)9-2-4-10(18)5-3-9/h2-7H,1H3,(H2,21,24)(H,22,23). The van der Waals surface area contributed by atoms with E-state index >= 15 is 0 Å². The Hall–Kier alpha value is -2.01. The number of nitrogens with zero attached hydrogens (tertiary/aromatic N) is 1. The SMILES string of the molecule is Cc1c(C(N)=O)n[nH]c1-c1cc(-c2ccc(Cl)cc2)c(Cl)cc1Cl. The summed E-state index contributed by atoms with van der Waals surface area (Å²) in [6.45, 7) is 1.76. The highest BCUT2D eigenvalue weighted by Crippen LogP contribution is 2.38. The zero-order valence-electron chi connectivity index (χ0n) is 12.5. The highest BCUT2D eigenvalue weighted by atomic mass is 35.5. The van der Waals surface area contributed by atoms with Crippen molar-refractivity contribution >= 4 is 40.7 Å². The van der Waals surface area contributed by atoms with Crippen molar-refractivity contribution in [3.05, 3.63) is 62.7 Å². The number of hydrogen-bond donors (Lipinski definition) is 2. The van der Waals surface area contributed by atoms with Crippen LogP contribution in [0.15, 0.2) is 36.4 Å². The Morgan fingerprint density at radius 3 is 2.25 bits per heavy atom. The van der Waals surface area contributed by atoms with E-state index in [1.807, 2.05) is 18.2 Å². The predicted molar refractivity (Wildman–Crippen MR) is 97.7 cm³/mol. The molecule has 1 aromatic heterocycles. The number of halogens is 3. The third-order valence-corrected chi connectivity index (χ3v) is 4.60. The first kappa shape index (κ1) is 16.8. The Kier molecular flexibility index (Phi) is 4.54. The fraction of sp³-hybridized carbons (Fsp3) is 0.0588. The molecule has 0 aliphatic rings. The van der Waals surface area contributed by atoms with Gasteiger partial charge in [-0.25, -0.2) is 0 Å². The molecule has 1 heterocycles. The van der Waals surface area contributed by atoms with E-state index in [0.29, 0.717) is 31.9 Å². The fourth-order valence-corrected chi connectivity index (χ4v) is 3.20. The molecule has 122 valence electrons. The van der Waals surface area contributed by atoms with E-state index < -0.39 is 5.91 Å². The molecule has 0 saturated carbocycles. The third kappa shape index (κ3) is 3.00. The average molecular weight is 381 g/mol. The minimum absolute atomic E-state index is 0.184. The van der Waals surface area contributed by atoms with Gasteiger partial charge in [-0.2, -0.15) is 5.10 Å². The summed E-state index contributed by atoms with van der Waals surface area (Å²) in [5.41, 5.74) is 9.13. The van der Waals surface area contributed by atoms with Crippen molar-refractivity contribution in [2.24, 2.45) is 5.73 Å². The lowest BCUT2D eigenvalue weighted by molar-refractivity contribution is 0.0995. The second-order valence-electron chi connectivity index (χ2n) is 5.26. The molecule has 2 aromatic carbocycles. The number of aromatic nitrogens is 2. The molecule has 0 aliphatic carbocycles. The zero-order chi connectivity index (χ0) is 17.4. The van der Waals surface area contributed by atoms with Gasteiger partial charge in [0.1, 0.15) is 0 Å². The molecule has 4 nitrogen and oxygen atoms in total. The molecule has 0 atom stereocenters. The van der Waals surface area contributed by atoms with E-state index in [2.05, 4.69) is 10.2 Å². The largest absolute Gasteiger partial charge is 0.364 e. The Balaban J connectivity index is 2.18. The van der Waals surface area contributed by atoms with E-state index in [9.17, 15) is 4.79 Å². The number of H-pyrrole nitrogens is 1. The van der Waals surface area contributed by atoms with Crippen LogP contribution in [-0.4, -0.2) is 16.1 Å². The lowest BCUT2D eigenvalue weighted by Crippen LogP contribution is -2.12. The first-order valence-electron chi connectivity index (χ1n) is 6.98. The first-order valence-corrected chi connectivity index (χ1v) is 8.12. The van der Waals surface area contributed by atoms with Gasteiger partial charge in [0.05, 0.1) is 10.7 Å². The van der Waals surface area contributed by atoms with Crippen LogP contribution in [0, 0.1) is 6.92 Å². The molecule has 0 spiro atoms.